The molecule has 0 spiro atoms. The smallest absolute Gasteiger partial charge is 0.213 e. The molecule has 3 rings (SSSR count). The molecule has 2 aromatic rings. The number of hydrogen-bond donors (Lipinski definition) is 1. The number of hydrogen-bond acceptors (Lipinski definition) is 5. The van der Waals surface area contributed by atoms with Crippen molar-refractivity contribution in [3.8, 4) is 11.6 Å². The predicted octanol–water partition coefficient (Wildman–Crippen LogP) is 2.96. The highest BCUT2D eigenvalue weighted by Crippen LogP contribution is 2.31. The molecule has 0 unspecified atom stereocenters. The topological polar surface area (TPSA) is 52.6 Å². The number of nitrogens with zero attached hydrogens (tertiary/aromatic N) is 1. The van der Waals surface area contributed by atoms with E-state index in [0.29, 0.717) is 19.0 Å². The Bertz CT molecular complexity index is 647. The molecule has 0 bridgehead atoms. The molecule has 0 saturated carbocycles. The zero-order valence-electron chi connectivity index (χ0n) is 12.9. The first-order valence-corrected chi connectivity index (χ1v) is 8.31. The molecule has 2 atom stereocenters. The Morgan fingerprint density at radius 1 is 1.26 bits per heavy atom. The molecule has 0 amide bonds. The summed E-state index contributed by atoms with van der Waals surface area (Å²) < 4.78 is 18.3. The first-order chi connectivity index (χ1) is 11.3. The third-order valence-electron chi connectivity index (χ3n) is 3.63. The van der Waals surface area contributed by atoms with Crippen molar-refractivity contribution in [1.82, 2.24) is 10.3 Å². The summed E-state index contributed by atoms with van der Waals surface area (Å²) in [6, 6.07) is 13.4. The molecule has 0 aliphatic carbocycles. The fraction of sp³-hybridized carbons (Fsp3) is 0.353. The van der Waals surface area contributed by atoms with Gasteiger partial charge >= 0.3 is 0 Å². The maximum absolute atomic E-state index is 6.24. The number of ether oxygens (including phenoxy) is 3. The number of methoxy groups -OCH3 is 1. The van der Waals surface area contributed by atoms with Gasteiger partial charge in [-0.2, -0.15) is 0 Å². The minimum Gasteiger partial charge on any atom is -0.481 e. The summed E-state index contributed by atoms with van der Waals surface area (Å²) in [5.74, 6) is 1.32. The van der Waals surface area contributed by atoms with Gasteiger partial charge in [-0.25, -0.2) is 4.98 Å². The van der Waals surface area contributed by atoms with Crippen molar-refractivity contribution in [3.05, 3.63) is 52.6 Å². The van der Waals surface area contributed by atoms with Gasteiger partial charge in [0.25, 0.3) is 0 Å². The molecular formula is C17H19BrN2O3. The number of aromatic nitrogens is 1. The Labute approximate surface area is 144 Å². The summed E-state index contributed by atoms with van der Waals surface area (Å²) in [5.41, 5.74) is 0.786. The highest BCUT2D eigenvalue weighted by atomic mass is 79.9. The van der Waals surface area contributed by atoms with Crippen molar-refractivity contribution in [2.75, 3.05) is 26.8 Å². The molecule has 122 valence electrons. The van der Waals surface area contributed by atoms with Crippen LogP contribution in [0, 0.1) is 0 Å². The lowest BCUT2D eigenvalue weighted by Gasteiger charge is -2.31. The van der Waals surface area contributed by atoms with E-state index < -0.39 is 0 Å². The Morgan fingerprint density at radius 2 is 2.13 bits per heavy atom. The summed E-state index contributed by atoms with van der Waals surface area (Å²) in [5, 5.41) is 3.34. The van der Waals surface area contributed by atoms with Crippen LogP contribution in [0.15, 0.2) is 46.9 Å². The SMILES string of the molecule is COc1cccc([C@H](Oc2ccccc2Br)[C@@H]2CNCCO2)n1. The average molecular weight is 379 g/mol. The monoisotopic (exact) mass is 378 g/mol. The Morgan fingerprint density at radius 3 is 2.87 bits per heavy atom. The molecule has 1 aliphatic heterocycles. The summed E-state index contributed by atoms with van der Waals surface area (Å²) in [6.07, 6.45) is -0.438. The van der Waals surface area contributed by atoms with Gasteiger partial charge in [0.2, 0.25) is 5.88 Å². The van der Waals surface area contributed by atoms with E-state index in [1.54, 1.807) is 7.11 Å². The predicted molar refractivity (Wildman–Crippen MR) is 90.9 cm³/mol. The lowest BCUT2D eigenvalue weighted by atomic mass is 10.1. The van der Waals surface area contributed by atoms with Crippen LogP contribution in [0.5, 0.6) is 11.6 Å². The largest absolute Gasteiger partial charge is 0.481 e. The van der Waals surface area contributed by atoms with Crippen molar-refractivity contribution in [3.63, 3.8) is 0 Å². The molecule has 0 radical (unpaired) electrons. The molecular weight excluding hydrogens is 360 g/mol. The Balaban J connectivity index is 1.91. The van der Waals surface area contributed by atoms with E-state index in [4.69, 9.17) is 14.2 Å². The lowest BCUT2D eigenvalue weighted by molar-refractivity contribution is -0.0450. The van der Waals surface area contributed by atoms with Gasteiger partial charge in [-0.3, -0.25) is 0 Å². The molecule has 23 heavy (non-hydrogen) atoms. The number of pyridine rings is 1. The van der Waals surface area contributed by atoms with E-state index in [0.717, 1.165) is 22.5 Å². The fourth-order valence-corrected chi connectivity index (χ4v) is 2.87. The third kappa shape index (κ3) is 4.02. The van der Waals surface area contributed by atoms with Gasteiger partial charge in [0.15, 0.2) is 6.10 Å². The van der Waals surface area contributed by atoms with Gasteiger partial charge in [0.1, 0.15) is 11.9 Å². The van der Waals surface area contributed by atoms with E-state index in [-0.39, 0.29) is 12.2 Å². The Kier molecular flexibility index (Phi) is 5.48. The maximum Gasteiger partial charge on any atom is 0.213 e. The zero-order valence-corrected chi connectivity index (χ0v) is 14.5. The van der Waals surface area contributed by atoms with Gasteiger partial charge < -0.3 is 19.5 Å². The second-order valence-corrected chi connectivity index (χ2v) is 6.04. The molecule has 1 N–H and O–H groups in total. The van der Waals surface area contributed by atoms with Crippen molar-refractivity contribution in [2.24, 2.45) is 0 Å². The fourth-order valence-electron chi connectivity index (χ4n) is 2.49. The van der Waals surface area contributed by atoms with Gasteiger partial charge in [-0.15, -0.1) is 0 Å². The van der Waals surface area contributed by atoms with Crippen LogP contribution in [0.25, 0.3) is 0 Å². The van der Waals surface area contributed by atoms with Gasteiger partial charge in [0, 0.05) is 19.2 Å². The van der Waals surface area contributed by atoms with Crippen LogP contribution in [0.1, 0.15) is 11.8 Å². The molecule has 1 aromatic carbocycles. The third-order valence-corrected chi connectivity index (χ3v) is 4.29. The molecule has 2 heterocycles. The van der Waals surface area contributed by atoms with E-state index in [1.807, 2.05) is 42.5 Å². The summed E-state index contributed by atoms with van der Waals surface area (Å²) in [7, 11) is 1.61. The van der Waals surface area contributed by atoms with Crippen molar-refractivity contribution in [1.29, 1.82) is 0 Å². The molecule has 1 aromatic heterocycles. The lowest BCUT2D eigenvalue weighted by Crippen LogP contribution is -2.43. The first-order valence-electron chi connectivity index (χ1n) is 7.52. The van der Waals surface area contributed by atoms with E-state index in [2.05, 4.69) is 26.2 Å². The minimum atomic E-state index is -0.323. The van der Waals surface area contributed by atoms with Gasteiger partial charge in [0.05, 0.1) is 23.9 Å². The highest BCUT2D eigenvalue weighted by molar-refractivity contribution is 9.10. The second kappa shape index (κ2) is 7.77. The number of halogens is 1. The number of benzene rings is 1. The summed E-state index contributed by atoms with van der Waals surface area (Å²) in [6.45, 7) is 2.22. The van der Waals surface area contributed by atoms with Crippen molar-refractivity contribution < 1.29 is 14.2 Å². The molecule has 1 aliphatic rings. The van der Waals surface area contributed by atoms with Gasteiger partial charge in [-0.05, 0) is 34.1 Å². The van der Waals surface area contributed by atoms with E-state index in [9.17, 15) is 0 Å². The average Bonchev–Trinajstić information content (AvgIpc) is 2.62. The summed E-state index contributed by atoms with van der Waals surface area (Å²) >= 11 is 3.52. The molecule has 5 nitrogen and oxygen atoms in total. The van der Waals surface area contributed by atoms with Crippen LogP contribution in [0.4, 0.5) is 0 Å². The minimum absolute atomic E-state index is 0.115. The second-order valence-electron chi connectivity index (χ2n) is 5.19. The number of rotatable bonds is 5. The Hall–Kier alpha value is -1.63. The van der Waals surface area contributed by atoms with Crippen molar-refractivity contribution >= 4 is 15.9 Å². The summed E-state index contributed by atoms with van der Waals surface area (Å²) in [4.78, 5) is 4.52. The number of nitrogens with one attached hydrogen (secondary N) is 1. The standard InChI is InChI=1S/C17H19BrN2O3/c1-21-16-8-4-6-13(20-16)17(15-11-19-9-10-22-15)23-14-7-3-2-5-12(14)18/h2-8,15,17,19H,9-11H2,1H3/t15-,17-/m0/s1. The van der Waals surface area contributed by atoms with E-state index in [1.165, 1.54) is 0 Å². The highest BCUT2D eigenvalue weighted by Gasteiger charge is 2.29. The van der Waals surface area contributed by atoms with Gasteiger partial charge in [-0.1, -0.05) is 18.2 Å². The van der Waals surface area contributed by atoms with Crippen LogP contribution >= 0.6 is 15.9 Å². The van der Waals surface area contributed by atoms with Crippen LogP contribution in [0.2, 0.25) is 0 Å². The van der Waals surface area contributed by atoms with Crippen LogP contribution in [-0.4, -0.2) is 37.9 Å². The zero-order chi connectivity index (χ0) is 16.1. The van der Waals surface area contributed by atoms with E-state index >= 15 is 0 Å². The molecule has 1 fully saturated rings. The molecule has 6 heteroatoms. The van der Waals surface area contributed by atoms with Crippen molar-refractivity contribution in [2.45, 2.75) is 12.2 Å². The maximum atomic E-state index is 6.24. The van der Waals surface area contributed by atoms with Crippen LogP contribution in [-0.2, 0) is 4.74 Å². The first kappa shape index (κ1) is 16.2. The number of morpholine rings is 1. The van der Waals surface area contributed by atoms with Crippen LogP contribution in [0.3, 0.4) is 0 Å². The van der Waals surface area contributed by atoms with Crippen LogP contribution < -0.4 is 14.8 Å². The molecule has 1 saturated heterocycles. The quantitative estimate of drug-likeness (QED) is 0.866. The normalized spacial score (nSPS) is 19.1. The number of para-hydroxylation sites is 1.